The molecule has 4 nitrogen and oxygen atoms in total. The molecule has 0 aromatic heterocycles. The smallest absolute Gasteiger partial charge is 0.347 e. The van der Waals surface area contributed by atoms with E-state index < -0.39 is 11.6 Å². The minimum Gasteiger partial charge on any atom is -0.490 e. The average molecular weight is 388 g/mol. The monoisotopic (exact) mass is 388 g/mol. The van der Waals surface area contributed by atoms with Crippen LogP contribution in [0, 0.1) is 0 Å². The minimum absolute atomic E-state index is 0.432. The number of ether oxygens (including phenoxy) is 2. The molecule has 0 atom stereocenters. The average Bonchev–Trinajstić information content (AvgIpc) is 2.73. The highest BCUT2D eigenvalue weighted by molar-refractivity contribution is 5.76. The molecule has 0 saturated heterocycles. The van der Waals surface area contributed by atoms with E-state index in [-0.39, 0.29) is 0 Å². The first-order valence-electron chi connectivity index (χ1n) is 9.41. The summed E-state index contributed by atoms with van der Waals surface area (Å²) in [5.41, 5.74) is 2.21. The molecule has 148 valence electrons. The molecule has 0 aliphatic heterocycles. The Hall–Kier alpha value is -3.53. The summed E-state index contributed by atoms with van der Waals surface area (Å²) < 4.78 is 11.2. The summed E-state index contributed by atoms with van der Waals surface area (Å²) in [5.74, 6) is 0.160. The van der Waals surface area contributed by atoms with Crippen LogP contribution in [0.1, 0.15) is 19.4 Å². The van der Waals surface area contributed by atoms with Gasteiger partial charge >= 0.3 is 5.97 Å². The summed E-state index contributed by atoms with van der Waals surface area (Å²) in [5, 5.41) is 9.11. The number of carboxylic acid groups (broad SMARTS) is 1. The van der Waals surface area contributed by atoms with Crippen molar-refractivity contribution in [3.05, 3.63) is 90.5 Å². The zero-order valence-electron chi connectivity index (χ0n) is 16.5. The standard InChI is InChI=1S/C25H24O4/c1-25(2,24(26)27)29-23-16-14-22(15-17-23)28-18-6-7-19-10-12-21(13-11-19)20-8-4-3-5-9-20/h3-17H,18H2,1-2H3,(H,26,27)/b7-6+. The molecule has 3 aromatic rings. The van der Waals surface area contributed by atoms with Crippen LogP contribution < -0.4 is 9.47 Å². The molecule has 3 aromatic carbocycles. The van der Waals surface area contributed by atoms with Crippen molar-refractivity contribution in [2.75, 3.05) is 6.61 Å². The second-order valence-corrected chi connectivity index (χ2v) is 7.09. The van der Waals surface area contributed by atoms with E-state index in [0.717, 1.165) is 5.56 Å². The Kier molecular flexibility index (Phi) is 6.35. The fourth-order valence-corrected chi connectivity index (χ4v) is 2.69. The highest BCUT2D eigenvalue weighted by Gasteiger charge is 2.29. The van der Waals surface area contributed by atoms with E-state index in [1.54, 1.807) is 24.3 Å². The van der Waals surface area contributed by atoms with Crippen LogP contribution in [0.4, 0.5) is 0 Å². The quantitative estimate of drug-likeness (QED) is 0.539. The zero-order chi connectivity index (χ0) is 20.7. The molecule has 3 rings (SSSR count). The largest absolute Gasteiger partial charge is 0.490 e. The van der Waals surface area contributed by atoms with Crippen molar-refractivity contribution >= 4 is 12.0 Å². The number of rotatable bonds is 8. The molecule has 0 saturated carbocycles. The molecule has 0 spiro atoms. The molecule has 0 bridgehead atoms. The Morgan fingerprint density at radius 3 is 2.07 bits per heavy atom. The molecule has 29 heavy (non-hydrogen) atoms. The number of carbonyl (C=O) groups is 1. The Balaban J connectivity index is 1.51. The van der Waals surface area contributed by atoms with Gasteiger partial charge in [-0.05, 0) is 60.9 Å². The lowest BCUT2D eigenvalue weighted by atomic mass is 10.0. The third-order valence-electron chi connectivity index (χ3n) is 4.39. The summed E-state index contributed by atoms with van der Waals surface area (Å²) in [7, 11) is 0. The van der Waals surface area contributed by atoms with Crippen molar-refractivity contribution in [3.8, 4) is 22.6 Å². The lowest BCUT2D eigenvalue weighted by Gasteiger charge is -2.21. The first-order valence-corrected chi connectivity index (χ1v) is 9.41. The van der Waals surface area contributed by atoms with Crippen LogP contribution in [0.25, 0.3) is 17.2 Å². The molecule has 0 aliphatic carbocycles. The summed E-state index contributed by atoms with van der Waals surface area (Å²) in [6, 6.07) is 25.6. The van der Waals surface area contributed by atoms with Crippen LogP contribution in [0.15, 0.2) is 84.9 Å². The highest BCUT2D eigenvalue weighted by Crippen LogP contribution is 2.22. The SMILES string of the molecule is CC(C)(Oc1ccc(OC/C=C/c2ccc(-c3ccccc3)cc2)cc1)C(=O)O. The van der Waals surface area contributed by atoms with Crippen molar-refractivity contribution in [2.45, 2.75) is 19.4 Å². The Bertz CT molecular complexity index is 956. The van der Waals surface area contributed by atoms with Crippen LogP contribution in [-0.4, -0.2) is 23.3 Å². The molecule has 0 aliphatic rings. The van der Waals surface area contributed by atoms with Gasteiger partial charge in [-0.3, -0.25) is 0 Å². The Labute approximate surface area is 171 Å². The van der Waals surface area contributed by atoms with E-state index in [4.69, 9.17) is 14.6 Å². The van der Waals surface area contributed by atoms with Gasteiger partial charge in [0.25, 0.3) is 0 Å². The van der Waals surface area contributed by atoms with E-state index in [2.05, 4.69) is 36.4 Å². The van der Waals surface area contributed by atoms with Crippen molar-refractivity contribution in [2.24, 2.45) is 0 Å². The second-order valence-electron chi connectivity index (χ2n) is 7.09. The topological polar surface area (TPSA) is 55.8 Å². The Morgan fingerprint density at radius 1 is 0.862 bits per heavy atom. The van der Waals surface area contributed by atoms with Gasteiger partial charge in [-0.1, -0.05) is 60.7 Å². The summed E-state index contributed by atoms with van der Waals surface area (Å²) in [6.45, 7) is 3.45. The van der Waals surface area contributed by atoms with Gasteiger partial charge in [-0.15, -0.1) is 0 Å². The van der Waals surface area contributed by atoms with Gasteiger partial charge in [0, 0.05) is 0 Å². The predicted octanol–water partition coefficient (Wildman–Crippen LogP) is 5.69. The molecule has 0 heterocycles. The molecule has 0 unspecified atom stereocenters. The lowest BCUT2D eigenvalue weighted by Crippen LogP contribution is -2.37. The van der Waals surface area contributed by atoms with Crippen LogP contribution in [0.5, 0.6) is 11.5 Å². The number of benzene rings is 3. The van der Waals surface area contributed by atoms with Crippen molar-refractivity contribution in [1.82, 2.24) is 0 Å². The summed E-state index contributed by atoms with van der Waals surface area (Å²) in [4.78, 5) is 11.1. The molecule has 0 fully saturated rings. The second kappa shape index (κ2) is 9.11. The molecule has 0 radical (unpaired) electrons. The maximum absolute atomic E-state index is 11.1. The number of hydrogen-bond acceptors (Lipinski definition) is 3. The van der Waals surface area contributed by atoms with Gasteiger partial charge in [-0.25, -0.2) is 4.79 Å². The lowest BCUT2D eigenvalue weighted by molar-refractivity contribution is -0.152. The molecule has 1 N–H and O–H groups in total. The summed E-state index contributed by atoms with van der Waals surface area (Å²) >= 11 is 0. The van der Waals surface area contributed by atoms with Gasteiger partial charge in [0.2, 0.25) is 0 Å². The van der Waals surface area contributed by atoms with Crippen LogP contribution >= 0.6 is 0 Å². The van der Waals surface area contributed by atoms with E-state index >= 15 is 0 Å². The number of hydrogen-bond donors (Lipinski definition) is 1. The summed E-state index contributed by atoms with van der Waals surface area (Å²) in [6.07, 6.45) is 3.97. The molecular weight excluding hydrogens is 364 g/mol. The first kappa shape index (κ1) is 20.2. The molecule has 0 amide bonds. The van der Waals surface area contributed by atoms with E-state index in [1.165, 1.54) is 25.0 Å². The highest BCUT2D eigenvalue weighted by atomic mass is 16.5. The predicted molar refractivity (Wildman–Crippen MR) is 115 cm³/mol. The maximum Gasteiger partial charge on any atom is 0.347 e. The van der Waals surface area contributed by atoms with E-state index in [9.17, 15) is 4.79 Å². The van der Waals surface area contributed by atoms with Gasteiger partial charge in [0.05, 0.1) is 0 Å². The van der Waals surface area contributed by atoms with E-state index in [0.29, 0.717) is 18.1 Å². The number of carboxylic acids is 1. The molecule has 4 heteroatoms. The maximum atomic E-state index is 11.1. The normalized spacial score (nSPS) is 11.4. The van der Waals surface area contributed by atoms with E-state index in [1.807, 2.05) is 30.4 Å². The van der Waals surface area contributed by atoms with Gasteiger partial charge < -0.3 is 14.6 Å². The zero-order valence-corrected chi connectivity index (χ0v) is 16.5. The fourth-order valence-electron chi connectivity index (χ4n) is 2.69. The van der Waals surface area contributed by atoms with Gasteiger partial charge in [0.1, 0.15) is 18.1 Å². The van der Waals surface area contributed by atoms with Gasteiger partial charge in [0.15, 0.2) is 5.60 Å². The van der Waals surface area contributed by atoms with Crippen LogP contribution in [0.2, 0.25) is 0 Å². The van der Waals surface area contributed by atoms with Crippen LogP contribution in [-0.2, 0) is 4.79 Å². The van der Waals surface area contributed by atoms with Crippen molar-refractivity contribution in [3.63, 3.8) is 0 Å². The van der Waals surface area contributed by atoms with Crippen molar-refractivity contribution < 1.29 is 19.4 Å². The fraction of sp³-hybridized carbons (Fsp3) is 0.160. The third kappa shape index (κ3) is 5.72. The van der Waals surface area contributed by atoms with Crippen LogP contribution in [0.3, 0.4) is 0 Å². The first-order chi connectivity index (χ1) is 13.9. The third-order valence-corrected chi connectivity index (χ3v) is 4.39. The van der Waals surface area contributed by atoms with Gasteiger partial charge in [-0.2, -0.15) is 0 Å². The number of aliphatic carboxylic acids is 1. The molecular formula is C25H24O4. The Morgan fingerprint density at radius 2 is 1.45 bits per heavy atom. The minimum atomic E-state index is -1.28. The van der Waals surface area contributed by atoms with Crippen molar-refractivity contribution in [1.29, 1.82) is 0 Å².